The highest BCUT2D eigenvalue weighted by Gasteiger charge is 2.34. The summed E-state index contributed by atoms with van der Waals surface area (Å²) in [5, 5.41) is 11.6. The summed E-state index contributed by atoms with van der Waals surface area (Å²) in [5.41, 5.74) is -0.296. The maximum Gasteiger partial charge on any atom is 0.308 e. The fraction of sp³-hybridized carbons (Fsp3) is 0.750. The molecule has 1 fully saturated rings. The first-order valence-electron chi connectivity index (χ1n) is 6.00. The van der Waals surface area contributed by atoms with E-state index >= 15 is 0 Å². The number of nitrogens with one attached hydrogen (secondary N) is 1. The molecule has 18 heavy (non-hydrogen) atoms. The number of hydrogen-bond acceptors (Lipinski definition) is 3. The summed E-state index contributed by atoms with van der Waals surface area (Å²) in [6, 6.07) is 0. The van der Waals surface area contributed by atoms with Gasteiger partial charge in [-0.3, -0.25) is 14.4 Å². The summed E-state index contributed by atoms with van der Waals surface area (Å²) < 4.78 is 0. The Morgan fingerprint density at radius 1 is 1.44 bits per heavy atom. The van der Waals surface area contributed by atoms with E-state index in [1.165, 1.54) is 4.90 Å². The molecule has 0 spiro atoms. The quantitative estimate of drug-likeness (QED) is 0.753. The minimum Gasteiger partial charge on any atom is -0.481 e. The predicted molar refractivity (Wildman–Crippen MR) is 64.8 cm³/mol. The molecule has 1 heterocycles. The standard InChI is InChI=1S/C12H20N2O4/c1-12(2,3)13-9(15)4-5-14-7-8(11(17)18)6-10(14)16/h8H,4-7H2,1-3H3,(H,13,15)(H,17,18). The molecule has 6 nitrogen and oxygen atoms in total. The van der Waals surface area contributed by atoms with Crippen LogP contribution in [0.25, 0.3) is 0 Å². The van der Waals surface area contributed by atoms with Gasteiger partial charge in [-0.25, -0.2) is 0 Å². The van der Waals surface area contributed by atoms with Crippen molar-refractivity contribution in [2.45, 2.75) is 39.2 Å². The zero-order chi connectivity index (χ0) is 13.9. The van der Waals surface area contributed by atoms with Crippen LogP contribution in [0.3, 0.4) is 0 Å². The molecule has 1 rings (SSSR count). The van der Waals surface area contributed by atoms with Crippen LogP contribution in [0.2, 0.25) is 0 Å². The van der Waals surface area contributed by atoms with Gasteiger partial charge in [-0.15, -0.1) is 0 Å². The van der Waals surface area contributed by atoms with Gasteiger partial charge in [0.25, 0.3) is 0 Å². The van der Waals surface area contributed by atoms with Gasteiger partial charge in [-0.1, -0.05) is 0 Å². The van der Waals surface area contributed by atoms with E-state index in [9.17, 15) is 14.4 Å². The summed E-state index contributed by atoms with van der Waals surface area (Å²) in [4.78, 5) is 35.3. The molecular formula is C12H20N2O4. The van der Waals surface area contributed by atoms with E-state index in [1.807, 2.05) is 20.8 Å². The van der Waals surface area contributed by atoms with Crippen LogP contribution in [0.1, 0.15) is 33.6 Å². The second-order valence-electron chi connectivity index (χ2n) is 5.63. The van der Waals surface area contributed by atoms with E-state index in [0.29, 0.717) is 0 Å². The van der Waals surface area contributed by atoms with Gasteiger partial charge in [0.1, 0.15) is 0 Å². The molecule has 1 atom stereocenters. The number of rotatable bonds is 4. The fourth-order valence-electron chi connectivity index (χ4n) is 1.87. The molecular weight excluding hydrogens is 236 g/mol. The van der Waals surface area contributed by atoms with Gasteiger partial charge in [-0.2, -0.15) is 0 Å². The largest absolute Gasteiger partial charge is 0.481 e. The van der Waals surface area contributed by atoms with Crippen molar-refractivity contribution in [1.82, 2.24) is 10.2 Å². The van der Waals surface area contributed by atoms with Crippen molar-refractivity contribution in [1.29, 1.82) is 0 Å². The minimum atomic E-state index is -0.954. The van der Waals surface area contributed by atoms with Gasteiger partial charge in [0.15, 0.2) is 0 Å². The molecule has 0 aromatic rings. The number of likely N-dealkylation sites (tertiary alicyclic amines) is 1. The monoisotopic (exact) mass is 256 g/mol. The van der Waals surface area contributed by atoms with Crippen LogP contribution in [0.4, 0.5) is 0 Å². The van der Waals surface area contributed by atoms with Gasteiger partial charge in [-0.05, 0) is 20.8 Å². The third-order valence-electron chi connectivity index (χ3n) is 2.69. The van der Waals surface area contributed by atoms with Gasteiger partial charge < -0.3 is 15.3 Å². The fourth-order valence-corrected chi connectivity index (χ4v) is 1.87. The SMILES string of the molecule is CC(C)(C)NC(=O)CCN1CC(C(=O)O)CC1=O. The Bertz CT molecular complexity index is 360. The molecule has 2 amide bonds. The zero-order valence-corrected chi connectivity index (χ0v) is 11.0. The normalized spacial score (nSPS) is 20.1. The lowest BCUT2D eigenvalue weighted by Gasteiger charge is -2.22. The number of carboxylic acids is 1. The van der Waals surface area contributed by atoms with Crippen molar-refractivity contribution in [3.05, 3.63) is 0 Å². The van der Waals surface area contributed by atoms with Crippen LogP contribution < -0.4 is 5.32 Å². The molecule has 1 aliphatic rings. The Morgan fingerprint density at radius 3 is 2.50 bits per heavy atom. The molecule has 0 aliphatic carbocycles. The van der Waals surface area contributed by atoms with Crippen LogP contribution in [0.15, 0.2) is 0 Å². The summed E-state index contributed by atoms with van der Waals surface area (Å²) >= 11 is 0. The number of carbonyl (C=O) groups is 3. The van der Waals surface area contributed by atoms with E-state index in [1.54, 1.807) is 0 Å². The predicted octanol–water partition coefficient (Wildman–Crippen LogP) is 0.224. The Balaban J connectivity index is 2.38. The molecule has 0 aromatic carbocycles. The second-order valence-corrected chi connectivity index (χ2v) is 5.63. The van der Waals surface area contributed by atoms with Gasteiger partial charge in [0.05, 0.1) is 5.92 Å². The van der Waals surface area contributed by atoms with Crippen LogP contribution >= 0.6 is 0 Å². The highest BCUT2D eigenvalue weighted by atomic mass is 16.4. The lowest BCUT2D eigenvalue weighted by atomic mass is 10.1. The minimum absolute atomic E-state index is 0.0379. The molecule has 0 saturated carbocycles. The third-order valence-corrected chi connectivity index (χ3v) is 2.69. The number of carboxylic acid groups (broad SMARTS) is 1. The number of carbonyl (C=O) groups excluding carboxylic acids is 2. The molecule has 1 aliphatic heterocycles. The number of hydrogen-bond donors (Lipinski definition) is 2. The number of aliphatic carboxylic acids is 1. The van der Waals surface area contributed by atoms with E-state index in [4.69, 9.17) is 5.11 Å². The van der Waals surface area contributed by atoms with Crippen molar-refractivity contribution >= 4 is 17.8 Å². The van der Waals surface area contributed by atoms with Crippen molar-refractivity contribution < 1.29 is 19.5 Å². The van der Waals surface area contributed by atoms with Gasteiger partial charge in [0.2, 0.25) is 11.8 Å². The Kier molecular flexibility index (Phi) is 4.32. The van der Waals surface area contributed by atoms with E-state index in [0.717, 1.165) is 0 Å². The third kappa shape index (κ3) is 4.35. The molecule has 0 aromatic heterocycles. The van der Waals surface area contributed by atoms with Crippen LogP contribution in [0.5, 0.6) is 0 Å². The highest BCUT2D eigenvalue weighted by molar-refractivity contribution is 5.86. The highest BCUT2D eigenvalue weighted by Crippen LogP contribution is 2.17. The first-order chi connectivity index (χ1) is 8.19. The van der Waals surface area contributed by atoms with Crippen molar-refractivity contribution in [3.8, 4) is 0 Å². The summed E-state index contributed by atoms with van der Waals surface area (Å²) in [6.07, 6.45) is 0.242. The lowest BCUT2D eigenvalue weighted by Crippen LogP contribution is -2.42. The topological polar surface area (TPSA) is 86.7 Å². The first kappa shape index (κ1) is 14.5. The van der Waals surface area contributed by atoms with Crippen LogP contribution in [-0.4, -0.2) is 46.4 Å². The van der Waals surface area contributed by atoms with Crippen molar-refractivity contribution in [2.75, 3.05) is 13.1 Å². The van der Waals surface area contributed by atoms with E-state index in [-0.39, 0.29) is 43.3 Å². The van der Waals surface area contributed by atoms with E-state index < -0.39 is 11.9 Å². The maximum absolute atomic E-state index is 11.6. The van der Waals surface area contributed by atoms with Crippen LogP contribution in [-0.2, 0) is 14.4 Å². The Labute approximate surface area is 106 Å². The summed E-state index contributed by atoms with van der Waals surface area (Å²) in [5.74, 6) is -1.91. The summed E-state index contributed by atoms with van der Waals surface area (Å²) in [7, 11) is 0. The Morgan fingerprint density at radius 2 is 2.06 bits per heavy atom. The van der Waals surface area contributed by atoms with E-state index in [2.05, 4.69) is 5.32 Å². The molecule has 102 valence electrons. The second kappa shape index (κ2) is 5.37. The zero-order valence-electron chi connectivity index (χ0n) is 11.0. The van der Waals surface area contributed by atoms with Crippen molar-refractivity contribution in [2.24, 2.45) is 5.92 Å². The summed E-state index contributed by atoms with van der Waals surface area (Å²) in [6.45, 7) is 6.13. The Hall–Kier alpha value is -1.59. The van der Waals surface area contributed by atoms with Crippen LogP contribution in [0, 0.1) is 5.92 Å². The number of nitrogens with zero attached hydrogens (tertiary/aromatic N) is 1. The average Bonchev–Trinajstić information content (AvgIpc) is 2.54. The molecule has 2 N–H and O–H groups in total. The molecule has 0 bridgehead atoms. The smallest absolute Gasteiger partial charge is 0.308 e. The number of amides is 2. The first-order valence-corrected chi connectivity index (χ1v) is 6.00. The lowest BCUT2D eigenvalue weighted by molar-refractivity contribution is -0.141. The molecule has 1 saturated heterocycles. The average molecular weight is 256 g/mol. The maximum atomic E-state index is 11.6. The van der Waals surface area contributed by atoms with Gasteiger partial charge in [0, 0.05) is 31.5 Å². The van der Waals surface area contributed by atoms with Gasteiger partial charge >= 0.3 is 5.97 Å². The molecule has 1 unspecified atom stereocenters. The molecule has 6 heteroatoms. The molecule has 0 radical (unpaired) electrons. The van der Waals surface area contributed by atoms with Crippen molar-refractivity contribution in [3.63, 3.8) is 0 Å².